The molecule has 0 bridgehead atoms. The van der Waals surface area contributed by atoms with Gasteiger partial charge >= 0.3 is 0 Å². The Balaban J connectivity index is 2.06. The molecule has 4 nitrogen and oxygen atoms in total. The average molecular weight is 242 g/mol. The molecule has 1 aliphatic carbocycles. The number of hydrogen-bond acceptors (Lipinski definition) is 3. The average Bonchev–Trinajstić information content (AvgIpc) is 3.12. The first-order chi connectivity index (χ1) is 8.69. The van der Waals surface area contributed by atoms with Crippen LogP contribution >= 0.6 is 0 Å². The molecule has 1 aliphatic rings. The van der Waals surface area contributed by atoms with E-state index in [0.717, 1.165) is 17.3 Å². The van der Waals surface area contributed by atoms with E-state index in [1.165, 1.54) is 24.0 Å². The van der Waals surface area contributed by atoms with Crippen LogP contribution in [0.2, 0.25) is 0 Å². The highest BCUT2D eigenvalue weighted by Crippen LogP contribution is 2.38. The molecule has 1 aromatic carbocycles. The van der Waals surface area contributed by atoms with Crippen molar-refractivity contribution in [1.29, 1.82) is 0 Å². The Hall–Kier alpha value is -1.68. The summed E-state index contributed by atoms with van der Waals surface area (Å²) in [6.07, 6.45) is 2.42. The highest BCUT2D eigenvalue weighted by molar-refractivity contribution is 5.39. The lowest BCUT2D eigenvalue weighted by atomic mass is 10.1. The van der Waals surface area contributed by atoms with Gasteiger partial charge in [-0.15, -0.1) is 0 Å². The second-order valence-electron chi connectivity index (χ2n) is 5.04. The maximum atomic E-state index is 5.77. The molecular weight excluding hydrogens is 224 g/mol. The smallest absolute Gasteiger partial charge is 0.154 e. The molecule has 2 N–H and O–H groups in total. The Labute approximate surface area is 107 Å². The van der Waals surface area contributed by atoms with Crippen LogP contribution in [0.4, 0.5) is 0 Å². The van der Waals surface area contributed by atoms with Crippen LogP contribution in [0.5, 0.6) is 0 Å². The van der Waals surface area contributed by atoms with Crippen molar-refractivity contribution in [2.45, 2.75) is 39.2 Å². The van der Waals surface area contributed by atoms with E-state index in [1.807, 2.05) is 4.68 Å². The van der Waals surface area contributed by atoms with Crippen molar-refractivity contribution in [2.24, 2.45) is 5.73 Å². The Bertz CT molecular complexity index is 581. The molecular formula is C14H18N4. The van der Waals surface area contributed by atoms with E-state index in [0.29, 0.717) is 12.5 Å². The van der Waals surface area contributed by atoms with Crippen molar-refractivity contribution in [3.05, 3.63) is 41.0 Å². The van der Waals surface area contributed by atoms with Crippen LogP contribution in [-0.2, 0) is 6.54 Å². The van der Waals surface area contributed by atoms with Gasteiger partial charge in [-0.2, -0.15) is 5.10 Å². The molecule has 0 aliphatic heterocycles. The standard InChI is InChI=1S/C14H18N4/c1-9-3-6-12(7-10(9)2)18-13(8-15)16-14(17-18)11-4-5-11/h3,6-7,11H,4-5,8,15H2,1-2H3. The fourth-order valence-corrected chi connectivity index (χ4v) is 2.07. The van der Waals surface area contributed by atoms with E-state index >= 15 is 0 Å². The summed E-state index contributed by atoms with van der Waals surface area (Å²) >= 11 is 0. The van der Waals surface area contributed by atoms with Crippen LogP contribution in [0, 0.1) is 13.8 Å². The van der Waals surface area contributed by atoms with Crippen LogP contribution in [0.1, 0.15) is 41.5 Å². The fourth-order valence-electron chi connectivity index (χ4n) is 2.07. The highest BCUT2D eigenvalue weighted by Gasteiger charge is 2.28. The lowest BCUT2D eigenvalue weighted by Gasteiger charge is -2.07. The van der Waals surface area contributed by atoms with Crippen molar-refractivity contribution in [3.63, 3.8) is 0 Å². The van der Waals surface area contributed by atoms with E-state index in [4.69, 9.17) is 5.73 Å². The molecule has 18 heavy (non-hydrogen) atoms. The van der Waals surface area contributed by atoms with E-state index < -0.39 is 0 Å². The maximum absolute atomic E-state index is 5.77. The van der Waals surface area contributed by atoms with Crippen LogP contribution in [-0.4, -0.2) is 14.8 Å². The Kier molecular flexibility index (Phi) is 2.67. The summed E-state index contributed by atoms with van der Waals surface area (Å²) in [5.41, 5.74) is 9.37. The molecule has 0 spiro atoms. The van der Waals surface area contributed by atoms with Crippen LogP contribution in [0.25, 0.3) is 5.69 Å². The zero-order chi connectivity index (χ0) is 12.7. The van der Waals surface area contributed by atoms with Crippen molar-refractivity contribution in [2.75, 3.05) is 0 Å². The quantitative estimate of drug-likeness (QED) is 0.897. The first kappa shape index (κ1) is 11.4. The summed E-state index contributed by atoms with van der Waals surface area (Å²) in [6, 6.07) is 6.33. The summed E-state index contributed by atoms with van der Waals surface area (Å²) in [5.74, 6) is 2.36. The maximum Gasteiger partial charge on any atom is 0.154 e. The highest BCUT2D eigenvalue weighted by atomic mass is 15.4. The van der Waals surface area contributed by atoms with Gasteiger partial charge in [0.05, 0.1) is 12.2 Å². The normalized spacial score (nSPS) is 15.1. The molecule has 0 amide bonds. The molecule has 3 rings (SSSR count). The third-order valence-corrected chi connectivity index (χ3v) is 3.55. The minimum absolute atomic E-state index is 0.423. The molecule has 0 radical (unpaired) electrons. The number of rotatable bonds is 3. The fraction of sp³-hybridized carbons (Fsp3) is 0.429. The molecule has 0 unspecified atom stereocenters. The zero-order valence-corrected chi connectivity index (χ0v) is 10.8. The summed E-state index contributed by atoms with van der Waals surface area (Å²) in [4.78, 5) is 4.55. The zero-order valence-electron chi connectivity index (χ0n) is 10.8. The summed E-state index contributed by atoms with van der Waals surface area (Å²) in [6.45, 7) is 4.65. The number of nitrogens with two attached hydrogens (primary N) is 1. The third-order valence-electron chi connectivity index (χ3n) is 3.55. The molecule has 1 heterocycles. The van der Waals surface area contributed by atoms with Gasteiger partial charge in [0.25, 0.3) is 0 Å². The molecule has 0 saturated heterocycles. The number of aromatic nitrogens is 3. The van der Waals surface area contributed by atoms with Gasteiger partial charge in [0.1, 0.15) is 5.82 Å². The second-order valence-corrected chi connectivity index (χ2v) is 5.04. The molecule has 4 heteroatoms. The van der Waals surface area contributed by atoms with Crippen LogP contribution < -0.4 is 5.73 Å². The lowest BCUT2D eigenvalue weighted by molar-refractivity contribution is 0.779. The molecule has 1 fully saturated rings. The molecule has 94 valence electrons. The Morgan fingerprint density at radius 3 is 2.67 bits per heavy atom. The van der Waals surface area contributed by atoms with E-state index in [2.05, 4.69) is 42.1 Å². The molecule has 1 saturated carbocycles. The molecule has 0 atom stereocenters. The van der Waals surface area contributed by atoms with E-state index in [9.17, 15) is 0 Å². The summed E-state index contributed by atoms with van der Waals surface area (Å²) in [7, 11) is 0. The first-order valence-corrected chi connectivity index (χ1v) is 6.42. The van der Waals surface area contributed by atoms with Crippen molar-refractivity contribution >= 4 is 0 Å². The minimum atomic E-state index is 0.423. The Morgan fingerprint density at radius 2 is 2.06 bits per heavy atom. The van der Waals surface area contributed by atoms with Gasteiger partial charge in [0, 0.05) is 5.92 Å². The molecule has 2 aromatic rings. The van der Waals surface area contributed by atoms with Crippen LogP contribution in [0.3, 0.4) is 0 Å². The van der Waals surface area contributed by atoms with Gasteiger partial charge in [-0.1, -0.05) is 6.07 Å². The minimum Gasteiger partial charge on any atom is -0.324 e. The van der Waals surface area contributed by atoms with Gasteiger partial charge in [-0.3, -0.25) is 0 Å². The second kappa shape index (κ2) is 4.21. The van der Waals surface area contributed by atoms with Gasteiger partial charge in [0.2, 0.25) is 0 Å². The topological polar surface area (TPSA) is 56.7 Å². The van der Waals surface area contributed by atoms with Gasteiger partial charge in [-0.25, -0.2) is 9.67 Å². The van der Waals surface area contributed by atoms with Crippen molar-refractivity contribution in [1.82, 2.24) is 14.8 Å². The van der Waals surface area contributed by atoms with Gasteiger partial charge in [-0.05, 0) is 49.9 Å². The van der Waals surface area contributed by atoms with Crippen molar-refractivity contribution < 1.29 is 0 Å². The molecule has 1 aromatic heterocycles. The van der Waals surface area contributed by atoms with Crippen molar-refractivity contribution in [3.8, 4) is 5.69 Å². The third kappa shape index (κ3) is 1.93. The predicted octanol–water partition coefficient (Wildman–Crippen LogP) is 2.22. The van der Waals surface area contributed by atoms with E-state index in [1.54, 1.807) is 0 Å². The first-order valence-electron chi connectivity index (χ1n) is 6.42. The summed E-state index contributed by atoms with van der Waals surface area (Å²) in [5, 5.41) is 4.61. The van der Waals surface area contributed by atoms with Gasteiger partial charge in [0.15, 0.2) is 5.82 Å². The monoisotopic (exact) mass is 242 g/mol. The predicted molar refractivity (Wildman–Crippen MR) is 70.7 cm³/mol. The number of nitrogens with zero attached hydrogens (tertiary/aromatic N) is 3. The lowest BCUT2D eigenvalue weighted by Crippen LogP contribution is -2.08. The van der Waals surface area contributed by atoms with Crippen LogP contribution in [0.15, 0.2) is 18.2 Å². The summed E-state index contributed by atoms with van der Waals surface area (Å²) < 4.78 is 1.89. The largest absolute Gasteiger partial charge is 0.324 e. The van der Waals surface area contributed by atoms with E-state index in [-0.39, 0.29) is 0 Å². The SMILES string of the molecule is Cc1ccc(-n2nc(C3CC3)nc2CN)cc1C. The number of benzene rings is 1. The van der Waals surface area contributed by atoms with Gasteiger partial charge < -0.3 is 5.73 Å². The number of aryl methyl sites for hydroxylation is 2. The number of hydrogen-bond donors (Lipinski definition) is 1. The Morgan fingerprint density at radius 1 is 1.28 bits per heavy atom.